The largest absolute Gasteiger partial charge is 0.318 e. The molecule has 1 N–H and O–H groups in total. The molecule has 0 saturated carbocycles. The molecule has 0 spiro atoms. The summed E-state index contributed by atoms with van der Waals surface area (Å²) in [6, 6.07) is 4.98. The van der Waals surface area contributed by atoms with E-state index in [2.05, 4.69) is 36.8 Å². The van der Waals surface area contributed by atoms with Crippen molar-refractivity contribution >= 4 is 27.7 Å². The minimum absolute atomic E-state index is 0.257. The fourth-order valence-electron chi connectivity index (χ4n) is 1.44. The number of rotatable bonds is 6. The molecule has 2 rings (SSSR count). The first-order valence-corrected chi connectivity index (χ1v) is 7.46. The number of tetrazole rings is 1. The molecule has 1 aromatic carbocycles. The number of aromatic nitrogens is 4. The van der Waals surface area contributed by atoms with Gasteiger partial charge in [0.15, 0.2) is 0 Å². The molecule has 0 atom stereocenters. The number of hydrogen-bond donors (Lipinski definition) is 1. The Hall–Kier alpha value is -0.990. The van der Waals surface area contributed by atoms with E-state index >= 15 is 0 Å². The van der Waals surface area contributed by atoms with E-state index in [4.69, 9.17) is 0 Å². The van der Waals surface area contributed by atoms with E-state index in [-0.39, 0.29) is 5.82 Å². The van der Waals surface area contributed by atoms with Crippen LogP contribution in [0.25, 0.3) is 0 Å². The van der Waals surface area contributed by atoms with Crippen molar-refractivity contribution < 1.29 is 4.39 Å². The van der Waals surface area contributed by atoms with Crippen LogP contribution in [0.3, 0.4) is 0 Å². The lowest BCUT2D eigenvalue weighted by atomic mass is 10.2. The van der Waals surface area contributed by atoms with Gasteiger partial charge >= 0.3 is 0 Å². The number of hydrogen-bond acceptors (Lipinski definition) is 5. The van der Waals surface area contributed by atoms with E-state index < -0.39 is 0 Å². The second kappa shape index (κ2) is 6.97. The molecule has 5 nitrogen and oxygen atoms in total. The fraction of sp³-hybridized carbons (Fsp3) is 0.364. The van der Waals surface area contributed by atoms with Crippen LogP contribution in [0.2, 0.25) is 0 Å². The van der Waals surface area contributed by atoms with Crippen LogP contribution in [0, 0.1) is 5.82 Å². The second-order valence-corrected chi connectivity index (χ2v) is 5.62. The van der Waals surface area contributed by atoms with E-state index in [1.54, 1.807) is 16.8 Å². The van der Waals surface area contributed by atoms with Crippen molar-refractivity contribution in [3.05, 3.63) is 34.1 Å². The van der Waals surface area contributed by atoms with Crippen LogP contribution in [-0.4, -0.2) is 33.8 Å². The van der Waals surface area contributed by atoms with Crippen LogP contribution in [0.5, 0.6) is 0 Å². The lowest BCUT2D eigenvalue weighted by molar-refractivity contribution is 0.530. The van der Waals surface area contributed by atoms with Crippen LogP contribution >= 0.6 is 27.7 Å². The van der Waals surface area contributed by atoms with Crippen molar-refractivity contribution in [3.63, 3.8) is 0 Å². The molecule has 0 saturated heterocycles. The molecule has 1 heterocycles. The van der Waals surface area contributed by atoms with Gasteiger partial charge in [-0.2, -0.15) is 0 Å². The molecule has 0 aliphatic carbocycles. The zero-order valence-electron chi connectivity index (χ0n) is 10.3. The average molecular weight is 346 g/mol. The van der Waals surface area contributed by atoms with Gasteiger partial charge in [0.05, 0.1) is 11.0 Å². The summed E-state index contributed by atoms with van der Waals surface area (Å²) in [7, 11) is 1.88. The molecule has 0 fully saturated rings. The maximum Gasteiger partial charge on any atom is 0.209 e. The predicted octanol–water partition coefficient (Wildman–Crippen LogP) is 2.09. The third-order valence-corrected chi connectivity index (χ3v) is 4.06. The lowest BCUT2D eigenvalue weighted by Gasteiger charge is -2.04. The highest BCUT2D eigenvalue weighted by molar-refractivity contribution is 9.10. The molecule has 102 valence electrons. The predicted molar refractivity (Wildman–Crippen MR) is 75.4 cm³/mol. The molecule has 0 aliphatic rings. The highest BCUT2D eigenvalue weighted by atomic mass is 79.9. The number of thioether (sulfide) groups is 1. The molecule has 2 aromatic rings. The van der Waals surface area contributed by atoms with Crippen LogP contribution in [0.15, 0.2) is 27.8 Å². The van der Waals surface area contributed by atoms with E-state index in [1.165, 1.54) is 17.8 Å². The molecule has 19 heavy (non-hydrogen) atoms. The molecule has 0 bridgehead atoms. The Kier molecular flexibility index (Phi) is 5.29. The van der Waals surface area contributed by atoms with Gasteiger partial charge in [-0.3, -0.25) is 0 Å². The Balaban J connectivity index is 1.98. The number of nitrogens with one attached hydrogen (secondary N) is 1. The van der Waals surface area contributed by atoms with Crippen LogP contribution in [-0.2, 0) is 12.3 Å². The highest BCUT2D eigenvalue weighted by Gasteiger charge is 2.07. The van der Waals surface area contributed by atoms with E-state index in [0.717, 1.165) is 23.8 Å². The zero-order valence-corrected chi connectivity index (χ0v) is 12.7. The Bertz CT molecular complexity index is 548. The van der Waals surface area contributed by atoms with Gasteiger partial charge in [-0.15, -0.1) is 5.10 Å². The topological polar surface area (TPSA) is 55.6 Å². The maximum absolute atomic E-state index is 13.1. The number of benzene rings is 1. The van der Waals surface area contributed by atoms with Crippen LogP contribution in [0.4, 0.5) is 4.39 Å². The van der Waals surface area contributed by atoms with Gasteiger partial charge in [-0.1, -0.05) is 17.8 Å². The summed E-state index contributed by atoms with van der Waals surface area (Å²) in [5.41, 5.74) is 1.02. The highest BCUT2D eigenvalue weighted by Crippen LogP contribution is 2.23. The van der Waals surface area contributed by atoms with Crippen molar-refractivity contribution in [2.75, 3.05) is 13.6 Å². The quantitative estimate of drug-likeness (QED) is 0.812. The molecule has 1 aromatic heterocycles. The number of nitrogens with zero attached hydrogens (tertiary/aromatic N) is 4. The molecule has 0 radical (unpaired) electrons. The normalized spacial score (nSPS) is 10.9. The minimum atomic E-state index is -0.257. The monoisotopic (exact) mass is 345 g/mol. The molecule has 0 unspecified atom stereocenters. The lowest BCUT2D eigenvalue weighted by Crippen LogP contribution is -2.16. The van der Waals surface area contributed by atoms with E-state index in [1.807, 2.05) is 7.05 Å². The average Bonchev–Trinajstić information content (AvgIpc) is 2.85. The second-order valence-electron chi connectivity index (χ2n) is 3.83. The Morgan fingerprint density at radius 3 is 3.05 bits per heavy atom. The van der Waals surface area contributed by atoms with Crippen LogP contribution in [0.1, 0.15) is 5.56 Å². The van der Waals surface area contributed by atoms with E-state index in [0.29, 0.717) is 10.2 Å². The van der Waals surface area contributed by atoms with Gasteiger partial charge in [0.1, 0.15) is 5.82 Å². The van der Waals surface area contributed by atoms with Gasteiger partial charge in [-0.25, -0.2) is 9.07 Å². The summed E-state index contributed by atoms with van der Waals surface area (Å²) >= 11 is 4.70. The molecular weight excluding hydrogens is 333 g/mol. The summed E-state index contributed by atoms with van der Waals surface area (Å²) in [6.45, 7) is 1.53. The Morgan fingerprint density at radius 1 is 1.47 bits per heavy atom. The smallest absolute Gasteiger partial charge is 0.209 e. The van der Waals surface area contributed by atoms with Crippen molar-refractivity contribution in [2.45, 2.75) is 17.5 Å². The first-order chi connectivity index (χ1) is 9.20. The Morgan fingerprint density at radius 2 is 2.32 bits per heavy atom. The number of halogens is 2. The Labute approximate surface area is 123 Å². The van der Waals surface area contributed by atoms with Gasteiger partial charge in [-0.05, 0) is 51.1 Å². The maximum atomic E-state index is 13.1. The number of likely N-dealkylation sites (N-methyl/N-ethyl adjacent to an activating group) is 1. The molecule has 0 amide bonds. The van der Waals surface area contributed by atoms with Gasteiger partial charge < -0.3 is 5.32 Å². The molecule has 0 aliphatic heterocycles. The zero-order chi connectivity index (χ0) is 13.7. The van der Waals surface area contributed by atoms with Crippen molar-refractivity contribution in [2.24, 2.45) is 0 Å². The van der Waals surface area contributed by atoms with Gasteiger partial charge in [0.25, 0.3) is 0 Å². The van der Waals surface area contributed by atoms with Crippen molar-refractivity contribution in [1.82, 2.24) is 25.5 Å². The minimum Gasteiger partial charge on any atom is -0.318 e. The van der Waals surface area contributed by atoms with E-state index in [9.17, 15) is 4.39 Å². The summed E-state index contributed by atoms with van der Waals surface area (Å²) in [5, 5.41) is 15.4. The third-order valence-electron chi connectivity index (χ3n) is 2.42. The SMILES string of the molecule is CNCCn1nnnc1SCc1ccc(F)c(Br)c1. The van der Waals surface area contributed by atoms with Gasteiger partial charge in [0.2, 0.25) is 5.16 Å². The summed E-state index contributed by atoms with van der Waals surface area (Å²) < 4.78 is 15.3. The van der Waals surface area contributed by atoms with Crippen molar-refractivity contribution in [3.8, 4) is 0 Å². The first kappa shape index (κ1) is 14.4. The van der Waals surface area contributed by atoms with Crippen LogP contribution < -0.4 is 5.32 Å². The van der Waals surface area contributed by atoms with Crippen molar-refractivity contribution in [1.29, 1.82) is 0 Å². The van der Waals surface area contributed by atoms with Gasteiger partial charge in [0, 0.05) is 12.3 Å². The summed E-state index contributed by atoms with van der Waals surface area (Å²) in [5.74, 6) is 0.436. The summed E-state index contributed by atoms with van der Waals surface area (Å²) in [4.78, 5) is 0. The first-order valence-electron chi connectivity index (χ1n) is 5.68. The molecular formula is C11H13BrFN5S. The molecule has 8 heteroatoms. The standard InChI is InChI=1S/C11H13BrFN5S/c1-14-4-5-18-11(15-16-17-18)19-7-8-2-3-10(13)9(12)6-8/h2-3,6,14H,4-5,7H2,1H3. The fourth-order valence-corrected chi connectivity index (χ4v) is 2.71. The third kappa shape index (κ3) is 3.99. The summed E-state index contributed by atoms with van der Waals surface area (Å²) in [6.07, 6.45) is 0.